The van der Waals surface area contributed by atoms with E-state index in [0.717, 1.165) is 22.5 Å². The summed E-state index contributed by atoms with van der Waals surface area (Å²) in [6, 6.07) is 7.72. The molecule has 5 heteroatoms. The van der Waals surface area contributed by atoms with Crippen molar-refractivity contribution in [3.63, 3.8) is 0 Å². The number of aromatic nitrogens is 4. The van der Waals surface area contributed by atoms with Crippen molar-refractivity contribution in [3.8, 4) is 11.1 Å². The third-order valence-electron chi connectivity index (χ3n) is 2.73. The summed E-state index contributed by atoms with van der Waals surface area (Å²) in [5.74, 6) is 0. The van der Waals surface area contributed by atoms with Gasteiger partial charge >= 0.3 is 0 Å². The number of pyridine rings is 2. The Bertz CT molecular complexity index is 690. The molecule has 0 aliphatic rings. The summed E-state index contributed by atoms with van der Waals surface area (Å²) in [5, 5.41) is 4.67. The Labute approximate surface area is 103 Å². The highest BCUT2D eigenvalue weighted by molar-refractivity contribution is 6.32. The predicted octanol–water partition coefficient (Wildman–Crippen LogP) is 2.75. The van der Waals surface area contributed by atoms with Crippen molar-refractivity contribution in [1.29, 1.82) is 0 Å². The van der Waals surface area contributed by atoms with Crippen LogP contribution in [0.1, 0.15) is 5.69 Å². The standard InChI is InChI=1S/C12H9ClN4/c1-8-9(10-3-2-6-14-12(10)13)4-5-11-15-7-16-17(8)11/h2-7H,1H3. The molecule has 0 N–H and O–H groups in total. The average Bonchev–Trinajstić information content (AvgIpc) is 2.80. The molecule has 0 unspecified atom stereocenters. The molecule has 0 bridgehead atoms. The van der Waals surface area contributed by atoms with E-state index in [-0.39, 0.29) is 0 Å². The van der Waals surface area contributed by atoms with Crippen molar-refractivity contribution < 1.29 is 0 Å². The summed E-state index contributed by atoms with van der Waals surface area (Å²) >= 11 is 6.10. The summed E-state index contributed by atoms with van der Waals surface area (Å²) in [5.41, 5.74) is 3.74. The van der Waals surface area contributed by atoms with E-state index in [1.165, 1.54) is 6.33 Å². The van der Waals surface area contributed by atoms with Gasteiger partial charge in [0.15, 0.2) is 5.65 Å². The first-order valence-electron chi connectivity index (χ1n) is 5.17. The largest absolute Gasteiger partial charge is 0.244 e. The second-order valence-electron chi connectivity index (χ2n) is 3.70. The molecular formula is C12H9ClN4. The van der Waals surface area contributed by atoms with Gasteiger partial charge in [0.05, 0.1) is 0 Å². The summed E-state index contributed by atoms with van der Waals surface area (Å²) in [6.07, 6.45) is 3.21. The molecule has 0 spiro atoms. The molecule has 0 aliphatic heterocycles. The van der Waals surface area contributed by atoms with Gasteiger partial charge in [-0.25, -0.2) is 14.5 Å². The summed E-state index contributed by atoms with van der Waals surface area (Å²) in [6.45, 7) is 1.99. The Morgan fingerprint density at radius 2 is 2.00 bits per heavy atom. The fraction of sp³-hybridized carbons (Fsp3) is 0.0833. The van der Waals surface area contributed by atoms with E-state index < -0.39 is 0 Å². The van der Waals surface area contributed by atoms with Crippen LogP contribution in [-0.2, 0) is 0 Å². The van der Waals surface area contributed by atoms with Gasteiger partial charge < -0.3 is 0 Å². The smallest absolute Gasteiger partial charge is 0.155 e. The molecule has 3 rings (SSSR count). The lowest BCUT2D eigenvalue weighted by molar-refractivity contribution is 0.917. The Morgan fingerprint density at radius 3 is 2.82 bits per heavy atom. The normalized spacial score (nSPS) is 10.9. The quantitative estimate of drug-likeness (QED) is 0.618. The van der Waals surface area contributed by atoms with E-state index in [2.05, 4.69) is 15.1 Å². The van der Waals surface area contributed by atoms with Crippen LogP contribution in [0.4, 0.5) is 0 Å². The van der Waals surface area contributed by atoms with Crippen molar-refractivity contribution in [2.75, 3.05) is 0 Å². The van der Waals surface area contributed by atoms with E-state index in [9.17, 15) is 0 Å². The molecule has 0 aliphatic carbocycles. The molecule has 4 nitrogen and oxygen atoms in total. The minimum Gasteiger partial charge on any atom is -0.244 e. The lowest BCUT2D eigenvalue weighted by atomic mass is 10.1. The van der Waals surface area contributed by atoms with Gasteiger partial charge in [-0.3, -0.25) is 0 Å². The predicted molar refractivity (Wildman–Crippen MR) is 66.0 cm³/mol. The van der Waals surface area contributed by atoms with E-state index in [0.29, 0.717) is 5.15 Å². The second kappa shape index (κ2) is 3.82. The fourth-order valence-corrected chi connectivity index (χ4v) is 2.11. The van der Waals surface area contributed by atoms with E-state index >= 15 is 0 Å². The van der Waals surface area contributed by atoms with Crippen LogP contribution in [0.5, 0.6) is 0 Å². The highest BCUT2D eigenvalue weighted by atomic mass is 35.5. The summed E-state index contributed by atoms with van der Waals surface area (Å²) in [4.78, 5) is 8.22. The van der Waals surface area contributed by atoms with Crippen LogP contribution in [0.25, 0.3) is 16.8 Å². The molecule has 3 aromatic rings. The third kappa shape index (κ3) is 1.57. The van der Waals surface area contributed by atoms with Gasteiger partial charge in [0.1, 0.15) is 11.5 Å². The molecule has 3 heterocycles. The highest BCUT2D eigenvalue weighted by Crippen LogP contribution is 2.28. The SMILES string of the molecule is Cc1c(-c2cccnc2Cl)ccc2ncnn12. The molecular weight excluding hydrogens is 236 g/mol. The minimum atomic E-state index is 0.495. The number of nitrogens with zero attached hydrogens (tertiary/aromatic N) is 4. The molecule has 0 amide bonds. The number of rotatable bonds is 1. The van der Waals surface area contributed by atoms with E-state index in [4.69, 9.17) is 11.6 Å². The monoisotopic (exact) mass is 244 g/mol. The van der Waals surface area contributed by atoms with Crippen molar-refractivity contribution in [3.05, 3.63) is 47.6 Å². The van der Waals surface area contributed by atoms with Gasteiger partial charge in [-0.2, -0.15) is 5.10 Å². The van der Waals surface area contributed by atoms with Crippen LogP contribution in [0.15, 0.2) is 36.8 Å². The summed E-state index contributed by atoms with van der Waals surface area (Å²) in [7, 11) is 0. The van der Waals surface area contributed by atoms with Gasteiger partial charge in [-0.05, 0) is 31.2 Å². The van der Waals surface area contributed by atoms with Crippen LogP contribution in [0.2, 0.25) is 5.15 Å². The van der Waals surface area contributed by atoms with Crippen molar-refractivity contribution >= 4 is 17.2 Å². The number of hydrogen-bond donors (Lipinski definition) is 0. The molecule has 0 aromatic carbocycles. The van der Waals surface area contributed by atoms with E-state index in [1.807, 2.05) is 31.2 Å². The minimum absolute atomic E-state index is 0.495. The maximum Gasteiger partial charge on any atom is 0.155 e. The summed E-state index contributed by atoms with van der Waals surface area (Å²) < 4.78 is 1.79. The zero-order valence-corrected chi connectivity index (χ0v) is 9.89. The Kier molecular flexibility index (Phi) is 2.30. The molecule has 0 radical (unpaired) electrons. The lowest BCUT2D eigenvalue weighted by Crippen LogP contribution is -1.97. The number of fused-ring (bicyclic) bond motifs is 1. The first-order chi connectivity index (χ1) is 8.27. The Morgan fingerprint density at radius 1 is 1.12 bits per heavy atom. The van der Waals surface area contributed by atoms with Crippen LogP contribution in [-0.4, -0.2) is 19.6 Å². The van der Waals surface area contributed by atoms with Gasteiger partial charge in [0.2, 0.25) is 0 Å². The lowest BCUT2D eigenvalue weighted by Gasteiger charge is -2.08. The van der Waals surface area contributed by atoms with Gasteiger partial charge in [0, 0.05) is 23.0 Å². The molecule has 84 valence electrons. The zero-order chi connectivity index (χ0) is 11.8. The topological polar surface area (TPSA) is 43.1 Å². The molecule has 0 atom stereocenters. The van der Waals surface area contributed by atoms with E-state index in [1.54, 1.807) is 10.7 Å². The molecule has 0 saturated heterocycles. The van der Waals surface area contributed by atoms with Crippen molar-refractivity contribution in [2.45, 2.75) is 6.92 Å². The molecule has 0 saturated carbocycles. The van der Waals surface area contributed by atoms with Gasteiger partial charge in [-0.1, -0.05) is 11.6 Å². The third-order valence-corrected chi connectivity index (χ3v) is 3.03. The van der Waals surface area contributed by atoms with Gasteiger partial charge in [-0.15, -0.1) is 0 Å². The molecule has 0 fully saturated rings. The number of halogens is 1. The number of hydrogen-bond acceptors (Lipinski definition) is 3. The first-order valence-corrected chi connectivity index (χ1v) is 5.55. The maximum atomic E-state index is 6.10. The second-order valence-corrected chi connectivity index (χ2v) is 4.06. The van der Waals surface area contributed by atoms with Gasteiger partial charge in [0.25, 0.3) is 0 Å². The number of aryl methyl sites for hydroxylation is 1. The maximum absolute atomic E-state index is 6.10. The van der Waals surface area contributed by atoms with Crippen molar-refractivity contribution in [1.82, 2.24) is 19.6 Å². The van der Waals surface area contributed by atoms with Crippen LogP contribution < -0.4 is 0 Å². The zero-order valence-electron chi connectivity index (χ0n) is 9.13. The fourth-order valence-electron chi connectivity index (χ4n) is 1.89. The van der Waals surface area contributed by atoms with Crippen molar-refractivity contribution in [2.24, 2.45) is 0 Å². The van der Waals surface area contributed by atoms with Crippen LogP contribution >= 0.6 is 11.6 Å². The Balaban J connectivity index is 2.31. The first kappa shape index (κ1) is 10.2. The highest BCUT2D eigenvalue weighted by Gasteiger charge is 2.10. The Hall–Kier alpha value is -1.94. The molecule has 3 aromatic heterocycles. The average molecular weight is 245 g/mol. The van der Waals surface area contributed by atoms with Crippen LogP contribution in [0, 0.1) is 6.92 Å². The van der Waals surface area contributed by atoms with Crippen LogP contribution in [0.3, 0.4) is 0 Å². The molecule has 17 heavy (non-hydrogen) atoms.